The fourth-order valence-corrected chi connectivity index (χ4v) is 3.70. The van der Waals surface area contributed by atoms with Crippen molar-refractivity contribution in [2.24, 2.45) is 5.92 Å². The molecule has 154 valence electrons. The van der Waals surface area contributed by atoms with E-state index in [-0.39, 0.29) is 18.7 Å². The minimum Gasteiger partial charge on any atom is -0.346 e. The van der Waals surface area contributed by atoms with Crippen molar-refractivity contribution in [1.82, 2.24) is 15.3 Å². The van der Waals surface area contributed by atoms with E-state index in [2.05, 4.69) is 15.3 Å². The van der Waals surface area contributed by atoms with Gasteiger partial charge in [0.2, 0.25) is 0 Å². The van der Waals surface area contributed by atoms with Gasteiger partial charge in [0.05, 0.1) is 29.2 Å². The van der Waals surface area contributed by atoms with Crippen molar-refractivity contribution in [2.75, 3.05) is 0 Å². The van der Waals surface area contributed by atoms with Crippen LogP contribution in [0.25, 0.3) is 16.5 Å². The van der Waals surface area contributed by atoms with Gasteiger partial charge in [0.25, 0.3) is 5.91 Å². The number of nitrogens with zero attached hydrogens (tertiary/aromatic N) is 2. The van der Waals surface area contributed by atoms with E-state index in [4.69, 9.17) is 0 Å². The molecule has 7 heteroatoms. The van der Waals surface area contributed by atoms with Gasteiger partial charge in [-0.05, 0) is 43.0 Å². The number of hydrogen-bond donors (Lipinski definition) is 1. The van der Waals surface area contributed by atoms with Crippen LogP contribution in [0.3, 0.4) is 0 Å². The lowest BCUT2D eigenvalue weighted by atomic mass is 9.85. The molecule has 4 rings (SSSR count). The quantitative estimate of drug-likeness (QED) is 0.633. The Morgan fingerprint density at radius 2 is 2.00 bits per heavy atom. The van der Waals surface area contributed by atoms with E-state index >= 15 is 0 Å². The number of halogens is 3. The standard InChI is InChI=1S/C23H20F3N3O/c24-23(25,26)18-9-7-15(8-10-18)20-6-3-4-16-12-17(13-28-21(16)20)22(30)29-14-19-5-1-2-11-27-19/h1-7,11-13,18H,8-10,14H2,(H,29,30)/t18-/m1/s1. The smallest absolute Gasteiger partial charge is 0.346 e. The summed E-state index contributed by atoms with van der Waals surface area (Å²) in [5, 5.41) is 3.59. The molecule has 0 aliphatic heterocycles. The molecule has 30 heavy (non-hydrogen) atoms. The highest BCUT2D eigenvalue weighted by atomic mass is 19.4. The molecule has 0 fully saturated rings. The Balaban J connectivity index is 1.54. The maximum atomic E-state index is 12.9. The zero-order chi connectivity index (χ0) is 21.1. The van der Waals surface area contributed by atoms with E-state index in [1.165, 1.54) is 6.20 Å². The van der Waals surface area contributed by atoms with Gasteiger partial charge < -0.3 is 5.32 Å². The van der Waals surface area contributed by atoms with Crippen LogP contribution in [0.5, 0.6) is 0 Å². The van der Waals surface area contributed by atoms with E-state index in [9.17, 15) is 18.0 Å². The Kier molecular flexibility index (Phi) is 5.53. The summed E-state index contributed by atoms with van der Waals surface area (Å²) in [6.45, 7) is 0.311. The van der Waals surface area contributed by atoms with E-state index in [1.807, 2.05) is 30.3 Å². The summed E-state index contributed by atoms with van der Waals surface area (Å²) in [5.41, 5.74) is 3.57. The van der Waals surface area contributed by atoms with Crippen LogP contribution in [0, 0.1) is 5.92 Å². The number of rotatable bonds is 4. The fourth-order valence-electron chi connectivity index (χ4n) is 3.70. The third-order valence-corrected chi connectivity index (χ3v) is 5.35. The minimum atomic E-state index is -4.16. The molecule has 1 aliphatic carbocycles. The Hall–Kier alpha value is -3.22. The van der Waals surface area contributed by atoms with Gasteiger partial charge in [-0.1, -0.05) is 30.3 Å². The van der Waals surface area contributed by atoms with Gasteiger partial charge >= 0.3 is 6.18 Å². The first-order chi connectivity index (χ1) is 14.4. The van der Waals surface area contributed by atoms with E-state index in [0.717, 1.165) is 22.2 Å². The van der Waals surface area contributed by atoms with Gasteiger partial charge in [-0.15, -0.1) is 0 Å². The van der Waals surface area contributed by atoms with Crippen LogP contribution in [0.2, 0.25) is 0 Å². The number of hydrogen-bond acceptors (Lipinski definition) is 3. The lowest BCUT2D eigenvalue weighted by Crippen LogP contribution is -2.24. The lowest BCUT2D eigenvalue weighted by Gasteiger charge is -2.24. The van der Waals surface area contributed by atoms with Crippen molar-refractivity contribution in [3.05, 3.63) is 77.8 Å². The van der Waals surface area contributed by atoms with Crippen LogP contribution >= 0.6 is 0 Å². The van der Waals surface area contributed by atoms with Crippen molar-refractivity contribution < 1.29 is 18.0 Å². The molecule has 0 unspecified atom stereocenters. The monoisotopic (exact) mass is 411 g/mol. The predicted octanol–water partition coefficient (Wildman–Crippen LogP) is 5.31. The second kappa shape index (κ2) is 8.26. The Labute approximate surface area is 171 Å². The van der Waals surface area contributed by atoms with Gasteiger partial charge in [0, 0.05) is 23.3 Å². The van der Waals surface area contributed by atoms with Gasteiger partial charge in [0.15, 0.2) is 0 Å². The highest BCUT2D eigenvalue weighted by Gasteiger charge is 2.39. The summed E-state index contributed by atoms with van der Waals surface area (Å²) in [4.78, 5) is 21.1. The molecule has 1 N–H and O–H groups in total. The number of alkyl halides is 3. The zero-order valence-electron chi connectivity index (χ0n) is 16.1. The molecule has 1 atom stereocenters. The van der Waals surface area contributed by atoms with Gasteiger partial charge in [-0.25, -0.2) is 0 Å². The summed E-state index contributed by atoms with van der Waals surface area (Å²) in [6.07, 6.45) is 1.11. The third-order valence-electron chi connectivity index (χ3n) is 5.35. The molecule has 0 spiro atoms. The van der Waals surface area contributed by atoms with Crippen LogP contribution in [0.15, 0.2) is 60.9 Å². The van der Waals surface area contributed by atoms with Crippen LogP contribution in [-0.2, 0) is 6.54 Å². The topological polar surface area (TPSA) is 54.9 Å². The molecule has 0 bridgehead atoms. The summed E-state index contributed by atoms with van der Waals surface area (Å²) in [7, 11) is 0. The first-order valence-corrected chi connectivity index (χ1v) is 9.75. The maximum Gasteiger partial charge on any atom is 0.392 e. The number of pyridine rings is 2. The normalized spacial score (nSPS) is 16.9. The van der Waals surface area contributed by atoms with Crippen molar-refractivity contribution >= 4 is 22.4 Å². The van der Waals surface area contributed by atoms with Crippen molar-refractivity contribution in [3.63, 3.8) is 0 Å². The fraction of sp³-hybridized carbons (Fsp3) is 0.261. The largest absolute Gasteiger partial charge is 0.392 e. The predicted molar refractivity (Wildman–Crippen MR) is 109 cm³/mol. The molecule has 0 radical (unpaired) electrons. The molecule has 3 aromatic rings. The van der Waals surface area contributed by atoms with Gasteiger partial charge in [-0.3, -0.25) is 14.8 Å². The molecule has 1 amide bonds. The average molecular weight is 411 g/mol. The zero-order valence-corrected chi connectivity index (χ0v) is 16.1. The first kappa shape index (κ1) is 20.1. The minimum absolute atomic E-state index is 0.0107. The second-order valence-electron chi connectivity index (χ2n) is 7.35. The van der Waals surface area contributed by atoms with Crippen molar-refractivity contribution in [2.45, 2.75) is 32.0 Å². The second-order valence-corrected chi connectivity index (χ2v) is 7.35. The number of amides is 1. The van der Waals surface area contributed by atoms with Crippen molar-refractivity contribution in [1.29, 1.82) is 0 Å². The highest BCUT2D eigenvalue weighted by Crippen LogP contribution is 2.40. The number of para-hydroxylation sites is 1. The Bertz CT molecular complexity index is 1090. The van der Waals surface area contributed by atoms with Crippen LogP contribution in [0.4, 0.5) is 13.2 Å². The molecule has 2 heterocycles. The Morgan fingerprint density at radius 3 is 2.70 bits per heavy atom. The SMILES string of the molecule is O=C(NCc1ccccn1)c1cnc2c(C3=CC[C@@H](C(F)(F)F)CC3)cccc2c1. The first-order valence-electron chi connectivity index (χ1n) is 9.75. The van der Waals surface area contributed by atoms with Crippen LogP contribution < -0.4 is 5.32 Å². The van der Waals surface area contributed by atoms with Crippen LogP contribution in [0.1, 0.15) is 40.9 Å². The molecule has 0 saturated heterocycles. The molecule has 2 aromatic heterocycles. The molecular weight excluding hydrogens is 391 g/mol. The number of allylic oxidation sites excluding steroid dienone is 2. The summed E-state index contributed by atoms with van der Waals surface area (Å²) in [5.74, 6) is -1.54. The number of carbonyl (C=O) groups excluding carboxylic acids is 1. The average Bonchev–Trinajstić information content (AvgIpc) is 2.77. The van der Waals surface area contributed by atoms with Gasteiger partial charge in [0.1, 0.15) is 0 Å². The number of fused-ring (bicyclic) bond motifs is 1. The molecule has 0 saturated carbocycles. The maximum absolute atomic E-state index is 12.9. The Morgan fingerprint density at radius 1 is 1.13 bits per heavy atom. The number of benzene rings is 1. The van der Waals surface area contributed by atoms with Crippen LogP contribution in [-0.4, -0.2) is 22.1 Å². The highest BCUT2D eigenvalue weighted by molar-refractivity contribution is 5.99. The van der Waals surface area contributed by atoms with E-state index in [0.29, 0.717) is 24.0 Å². The van der Waals surface area contributed by atoms with Crippen molar-refractivity contribution in [3.8, 4) is 0 Å². The number of carbonyl (C=O) groups is 1. The molecular formula is C23H20F3N3O. The summed E-state index contributed by atoms with van der Waals surface area (Å²) >= 11 is 0. The third kappa shape index (κ3) is 4.35. The van der Waals surface area contributed by atoms with E-state index < -0.39 is 12.1 Å². The molecule has 1 aliphatic rings. The number of nitrogens with one attached hydrogen (secondary N) is 1. The molecule has 1 aromatic carbocycles. The number of aromatic nitrogens is 2. The van der Waals surface area contributed by atoms with Gasteiger partial charge in [-0.2, -0.15) is 13.2 Å². The van der Waals surface area contributed by atoms with E-state index in [1.54, 1.807) is 24.4 Å². The lowest BCUT2D eigenvalue weighted by molar-refractivity contribution is -0.175. The summed E-state index contributed by atoms with van der Waals surface area (Å²) in [6, 6.07) is 12.8. The summed E-state index contributed by atoms with van der Waals surface area (Å²) < 4.78 is 38.8. The molecule has 4 nitrogen and oxygen atoms in total.